The lowest BCUT2D eigenvalue weighted by atomic mass is 10.1. The van der Waals surface area contributed by atoms with Gasteiger partial charge in [-0.25, -0.2) is 0 Å². The van der Waals surface area contributed by atoms with Crippen LogP contribution in [0.3, 0.4) is 0 Å². The van der Waals surface area contributed by atoms with Gasteiger partial charge in [-0.2, -0.15) is 0 Å². The van der Waals surface area contributed by atoms with Gasteiger partial charge < -0.3 is 10.1 Å². The molecular weight excluding hydrogens is 186 g/mol. The Morgan fingerprint density at radius 1 is 1.20 bits per heavy atom. The molecule has 1 atom stereocenters. The smallest absolute Gasteiger partial charge is 0.0590 e. The first-order valence-electron chi connectivity index (χ1n) is 5.74. The first-order valence-corrected chi connectivity index (χ1v) is 5.74. The molecule has 0 spiro atoms. The zero-order valence-corrected chi connectivity index (χ0v) is 9.70. The summed E-state index contributed by atoms with van der Waals surface area (Å²) in [4.78, 5) is 0. The summed E-state index contributed by atoms with van der Waals surface area (Å²) in [5.41, 5.74) is 1.36. The second-order valence-electron chi connectivity index (χ2n) is 3.52. The van der Waals surface area contributed by atoms with Crippen LogP contribution in [0, 0.1) is 0 Å². The summed E-state index contributed by atoms with van der Waals surface area (Å²) in [5, 5.41) is 3.50. The summed E-state index contributed by atoms with van der Waals surface area (Å²) in [6, 6.07) is 11.0. The van der Waals surface area contributed by atoms with Gasteiger partial charge in [0.25, 0.3) is 0 Å². The highest BCUT2D eigenvalue weighted by Gasteiger charge is 2.06. The van der Waals surface area contributed by atoms with E-state index in [1.165, 1.54) is 5.56 Å². The fourth-order valence-corrected chi connectivity index (χ4v) is 1.63. The number of hydrogen-bond donors (Lipinski definition) is 1. The van der Waals surface area contributed by atoms with E-state index in [1.807, 2.05) is 6.92 Å². The van der Waals surface area contributed by atoms with Crippen LogP contribution in [0.2, 0.25) is 0 Å². The highest BCUT2D eigenvalue weighted by molar-refractivity contribution is 5.18. The van der Waals surface area contributed by atoms with Crippen molar-refractivity contribution in [2.24, 2.45) is 0 Å². The van der Waals surface area contributed by atoms with Crippen molar-refractivity contribution < 1.29 is 4.74 Å². The molecule has 0 heterocycles. The van der Waals surface area contributed by atoms with E-state index < -0.39 is 0 Å². The van der Waals surface area contributed by atoms with E-state index in [0.29, 0.717) is 6.04 Å². The number of rotatable bonds is 7. The van der Waals surface area contributed by atoms with E-state index in [-0.39, 0.29) is 0 Å². The van der Waals surface area contributed by atoms with Gasteiger partial charge in [-0.05, 0) is 18.9 Å². The van der Waals surface area contributed by atoms with E-state index in [0.717, 1.165) is 26.2 Å². The van der Waals surface area contributed by atoms with Crippen LogP contribution in [0.25, 0.3) is 0 Å². The van der Waals surface area contributed by atoms with Crippen molar-refractivity contribution in [2.45, 2.75) is 26.3 Å². The lowest BCUT2D eigenvalue weighted by Crippen LogP contribution is -2.24. The lowest BCUT2D eigenvalue weighted by molar-refractivity contribution is 0.146. The van der Waals surface area contributed by atoms with Crippen molar-refractivity contribution in [3.8, 4) is 0 Å². The molecule has 0 aliphatic heterocycles. The van der Waals surface area contributed by atoms with Gasteiger partial charge in [-0.1, -0.05) is 37.3 Å². The molecule has 0 aromatic heterocycles. The van der Waals surface area contributed by atoms with E-state index in [1.54, 1.807) is 0 Å². The maximum atomic E-state index is 5.30. The first-order chi connectivity index (χ1) is 7.38. The predicted molar refractivity (Wildman–Crippen MR) is 64.0 cm³/mol. The van der Waals surface area contributed by atoms with E-state index in [2.05, 4.69) is 42.6 Å². The summed E-state index contributed by atoms with van der Waals surface area (Å²) in [6.07, 6.45) is 1.11. The number of nitrogens with one attached hydrogen (secondary N) is 1. The van der Waals surface area contributed by atoms with Crippen molar-refractivity contribution in [3.05, 3.63) is 35.9 Å². The van der Waals surface area contributed by atoms with Crippen LogP contribution in [0.1, 0.15) is 31.9 Å². The fraction of sp³-hybridized carbons (Fsp3) is 0.538. The van der Waals surface area contributed by atoms with Gasteiger partial charge in [0.2, 0.25) is 0 Å². The molecule has 0 bridgehead atoms. The van der Waals surface area contributed by atoms with Crippen molar-refractivity contribution in [1.29, 1.82) is 0 Å². The Balaban J connectivity index is 2.36. The Bertz CT molecular complexity index is 248. The zero-order valence-electron chi connectivity index (χ0n) is 9.70. The third-order valence-corrected chi connectivity index (χ3v) is 2.45. The quantitative estimate of drug-likeness (QED) is 0.694. The molecule has 0 saturated heterocycles. The third kappa shape index (κ3) is 4.45. The van der Waals surface area contributed by atoms with Crippen LogP contribution in [-0.4, -0.2) is 19.8 Å². The van der Waals surface area contributed by atoms with Gasteiger partial charge in [0.05, 0.1) is 6.61 Å². The molecule has 1 N–H and O–H groups in total. The Morgan fingerprint density at radius 3 is 2.53 bits per heavy atom. The summed E-state index contributed by atoms with van der Waals surface area (Å²) < 4.78 is 5.30. The SMILES string of the molecule is CCOCCN[C@H](CC)c1ccccc1. The molecule has 0 unspecified atom stereocenters. The zero-order chi connectivity index (χ0) is 10.9. The van der Waals surface area contributed by atoms with Crippen molar-refractivity contribution in [3.63, 3.8) is 0 Å². The van der Waals surface area contributed by atoms with Crippen LogP contribution in [0.5, 0.6) is 0 Å². The average molecular weight is 207 g/mol. The van der Waals surface area contributed by atoms with Crippen LogP contribution in [0.15, 0.2) is 30.3 Å². The Labute approximate surface area is 92.6 Å². The second kappa shape index (κ2) is 7.43. The number of ether oxygens (including phenoxy) is 1. The topological polar surface area (TPSA) is 21.3 Å². The van der Waals surface area contributed by atoms with E-state index in [4.69, 9.17) is 4.74 Å². The molecule has 1 aromatic rings. The highest BCUT2D eigenvalue weighted by atomic mass is 16.5. The van der Waals surface area contributed by atoms with Crippen LogP contribution >= 0.6 is 0 Å². The van der Waals surface area contributed by atoms with Gasteiger partial charge >= 0.3 is 0 Å². The molecule has 1 rings (SSSR count). The largest absolute Gasteiger partial charge is 0.380 e. The maximum Gasteiger partial charge on any atom is 0.0590 e. The molecule has 0 aliphatic carbocycles. The van der Waals surface area contributed by atoms with Crippen LogP contribution in [-0.2, 0) is 4.74 Å². The average Bonchev–Trinajstić information content (AvgIpc) is 2.30. The summed E-state index contributed by atoms with van der Waals surface area (Å²) in [5.74, 6) is 0. The minimum absolute atomic E-state index is 0.451. The van der Waals surface area contributed by atoms with E-state index >= 15 is 0 Å². The molecule has 0 amide bonds. The number of hydrogen-bond acceptors (Lipinski definition) is 2. The number of benzene rings is 1. The maximum absolute atomic E-state index is 5.30. The molecule has 0 fully saturated rings. The molecule has 0 saturated carbocycles. The standard InChI is InChI=1S/C13H21NO/c1-3-13(14-10-11-15-4-2)12-8-6-5-7-9-12/h5-9,13-14H,3-4,10-11H2,1-2H3/t13-/m1/s1. The molecule has 0 aliphatic rings. The van der Waals surface area contributed by atoms with Crippen LogP contribution in [0.4, 0.5) is 0 Å². The monoisotopic (exact) mass is 207 g/mol. The lowest BCUT2D eigenvalue weighted by Gasteiger charge is -2.17. The van der Waals surface area contributed by atoms with Crippen LogP contribution < -0.4 is 5.32 Å². The Morgan fingerprint density at radius 2 is 1.93 bits per heavy atom. The molecule has 1 aromatic carbocycles. The highest BCUT2D eigenvalue weighted by Crippen LogP contribution is 2.15. The summed E-state index contributed by atoms with van der Waals surface area (Å²) >= 11 is 0. The van der Waals surface area contributed by atoms with Crippen molar-refractivity contribution in [1.82, 2.24) is 5.32 Å². The minimum atomic E-state index is 0.451. The van der Waals surface area contributed by atoms with Crippen molar-refractivity contribution >= 4 is 0 Å². The summed E-state index contributed by atoms with van der Waals surface area (Å²) in [7, 11) is 0. The second-order valence-corrected chi connectivity index (χ2v) is 3.52. The predicted octanol–water partition coefficient (Wildman–Crippen LogP) is 2.76. The Kier molecular flexibility index (Phi) is 6.05. The minimum Gasteiger partial charge on any atom is -0.380 e. The molecule has 0 radical (unpaired) electrons. The normalized spacial score (nSPS) is 12.7. The third-order valence-electron chi connectivity index (χ3n) is 2.45. The molecule has 15 heavy (non-hydrogen) atoms. The summed E-state index contributed by atoms with van der Waals surface area (Å²) in [6.45, 7) is 6.73. The van der Waals surface area contributed by atoms with Gasteiger partial charge in [0.1, 0.15) is 0 Å². The molecule has 84 valence electrons. The van der Waals surface area contributed by atoms with E-state index in [9.17, 15) is 0 Å². The molecule has 2 heteroatoms. The first kappa shape index (κ1) is 12.2. The van der Waals surface area contributed by atoms with Gasteiger partial charge in [-0.15, -0.1) is 0 Å². The molecular formula is C13H21NO. The molecule has 2 nitrogen and oxygen atoms in total. The van der Waals surface area contributed by atoms with Gasteiger partial charge in [-0.3, -0.25) is 0 Å². The van der Waals surface area contributed by atoms with Gasteiger partial charge in [0, 0.05) is 19.2 Å². The Hall–Kier alpha value is -0.860. The van der Waals surface area contributed by atoms with Crippen molar-refractivity contribution in [2.75, 3.05) is 19.8 Å². The van der Waals surface area contributed by atoms with Gasteiger partial charge in [0.15, 0.2) is 0 Å². The fourth-order valence-electron chi connectivity index (χ4n) is 1.63.